The number of hydrogen-bond donors (Lipinski definition) is 1. The predicted octanol–water partition coefficient (Wildman–Crippen LogP) is 2.18. The summed E-state index contributed by atoms with van der Waals surface area (Å²) >= 11 is 1.25. The van der Waals surface area contributed by atoms with Gasteiger partial charge in [-0.1, -0.05) is 0 Å². The van der Waals surface area contributed by atoms with Crippen molar-refractivity contribution in [3.05, 3.63) is 34.8 Å². The molecule has 0 bridgehead atoms. The molecule has 120 valence electrons. The van der Waals surface area contributed by atoms with Crippen molar-refractivity contribution in [1.82, 2.24) is 10.2 Å². The number of hydrogen-bond acceptors (Lipinski definition) is 7. The molecule has 1 saturated heterocycles. The average molecular weight is 332 g/mol. The molecular formula is C15H16N4O3S. The van der Waals surface area contributed by atoms with Crippen LogP contribution in [0.25, 0.3) is 0 Å². The average Bonchev–Trinajstić information content (AvgIpc) is 3.26. The van der Waals surface area contributed by atoms with Gasteiger partial charge in [-0.05, 0) is 36.4 Å². The second-order valence-corrected chi connectivity index (χ2v) is 6.00. The van der Waals surface area contributed by atoms with E-state index in [9.17, 15) is 9.59 Å². The van der Waals surface area contributed by atoms with Crippen LogP contribution in [-0.4, -0.2) is 42.3 Å². The lowest BCUT2D eigenvalue weighted by molar-refractivity contribution is 0.0602. The van der Waals surface area contributed by atoms with Crippen molar-refractivity contribution in [2.24, 2.45) is 0 Å². The quantitative estimate of drug-likeness (QED) is 0.864. The van der Waals surface area contributed by atoms with Crippen LogP contribution in [0.15, 0.2) is 23.6 Å². The summed E-state index contributed by atoms with van der Waals surface area (Å²) in [6, 6.07) is 5.04. The first-order chi connectivity index (χ1) is 11.2. The zero-order valence-electron chi connectivity index (χ0n) is 12.6. The Morgan fingerprint density at radius 2 is 2.00 bits per heavy atom. The Labute approximate surface area is 137 Å². The summed E-state index contributed by atoms with van der Waals surface area (Å²) in [5.74, 6) is -0.111. The van der Waals surface area contributed by atoms with Crippen LogP contribution in [0.1, 0.15) is 33.7 Å². The van der Waals surface area contributed by atoms with Crippen LogP contribution in [0.2, 0.25) is 0 Å². The summed E-state index contributed by atoms with van der Waals surface area (Å²) in [4.78, 5) is 26.0. The maximum absolute atomic E-state index is 12.2. The Bertz CT molecular complexity index is 708. The second-order valence-electron chi connectivity index (χ2n) is 5.08. The SMILES string of the molecule is COC(=O)c1ccsc1NC(=O)c1ccc(N2CCCC2)nn1. The van der Waals surface area contributed by atoms with Crippen molar-refractivity contribution in [2.75, 3.05) is 30.4 Å². The highest BCUT2D eigenvalue weighted by Gasteiger charge is 2.18. The number of anilines is 2. The topological polar surface area (TPSA) is 84.4 Å². The van der Waals surface area contributed by atoms with Crippen molar-refractivity contribution in [3.8, 4) is 0 Å². The van der Waals surface area contributed by atoms with Crippen LogP contribution in [0.4, 0.5) is 10.8 Å². The molecule has 0 saturated carbocycles. The van der Waals surface area contributed by atoms with E-state index >= 15 is 0 Å². The molecule has 0 aliphatic carbocycles. The summed E-state index contributed by atoms with van der Waals surface area (Å²) in [6.07, 6.45) is 2.30. The normalized spacial score (nSPS) is 13.9. The van der Waals surface area contributed by atoms with Gasteiger partial charge in [0, 0.05) is 13.1 Å². The van der Waals surface area contributed by atoms with Crippen molar-refractivity contribution in [2.45, 2.75) is 12.8 Å². The summed E-state index contributed by atoms with van der Waals surface area (Å²) in [5, 5.41) is 12.9. The number of carbonyl (C=O) groups is 2. The molecule has 7 nitrogen and oxygen atoms in total. The molecule has 3 rings (SSSR count). The minimum absolute atomic E-state index is 0.206. The van der Waals surface area contributed by atoms with E-state index in [4.69, 9.17) is 0 Å². The highest BCUT2D eigenvalue weighted by atomic mass is 32.1. The van der Waals surface area contributed by atoms with Gasteiger partial charge in [0.15, 0.2) is 11.5 Å². The van der Waals surface area contributed by atoms with Crippen LogP contribution in [-0.2, 0) is 4.74 Å². The van der Waals surface area contributed by atoms with Crippen LogP contribution in [0, 0.1) is 0 Å². The molecule has 1 amide bonds. The Hall–Kier alpha value is -2.48. The van der Waals surface area contributed by atoms with Crippen molar-refractivity contribution < 1.29 is 14.3 Å². The molecule has 1 N–H and O–H groups in total. The van der Waals surface area contributed by atoms with E-state index in [1.807, 2.05) is 0 Å². The number of ether oxygens (including phenoxy) is 1. The van der Waals surface area contributed by atoms with Gasteiger partial charge in [-0.25, -0.2) is 4.79 Å². The van der Waals surface area contributed by atoms with Gasteiger partial charge in [-0.2, -0.15) is 0 Å². The molecule has 23 heavy (non-hydrogen) atoms. The first kappa shape index (κ1) is 15.4. The fourth-order valence-corrected chi connectivity index (χ4v) is 3.18. The fraction of sp³-hybridized carbons (Fsp3) is 0.333. The molecule has 8 heteroatoms. The lowest BCUT2D eigenvalue weighted by Crippen LogP contribution is -2.21. The summed E-state index contributed by atoms with van der Waals surface area (Å²) in [7, 11) is 1.30. The van der Waals surface area contributed by atoms with Gasteiger partial charge in [0.05, 0.1) is 12.7 Å². The Kier molecular flexibility index (Phi) is 4.52. The van der Waals surface area contributed by atoms with Gasteiger partial charge in [0.1, 0.15) is 5.00 Å². The van der Waals surface area contributed by atoms with Crippen molar-refractivity contribution in [1.29, 1.82) is 0 Å². The molecule has 0 atom stereocenters. The Morgan fingerprint density at radius 1 is 1.22 bits per heavy atom. The van der Waals surface area contributed by atoms with E-state index in [2.05, 4.69) is 25.2 Å². The molecule has 0 unspecified atom stereocenters. The van der Waals surface area contributed by atoms with Gasteiger partial charge in [-0.15, -0.1) is 21.5 Å². The minimum Gasteiger partial charge on any atom is -0.465 e. The lowest BCUT2D eigenvalue weighted by Gasteiger charge is -2.15. The predicted molar refractivity (Wildman–Crippen MR) is 87.1 cm³/mol. The summed E-state index contributed by atoms with van der Waals surface area (Å²) < 4.78 is 4.68. The Balaban J connectivity index is 1.71. The number of thiophene rings is 1. The van der Waals surface area contributed by atoms with Gasteiger partial charge < -0.3 is 15.0 Å². The molecule has 1 fully saturated rings. The number of aromatic nitrogens is 2. The monoisotopic (exact) mass is 332 g/mol. The molecule has 1 aliphatic rings. The highest BCUT2D eigenvalue weighted by Crippen LogP contribution is 2.24. The summed E-state index contributed by atoms with van der Waals surface area (Å²) in [6.45, 7) is 1.94. The number of nitrogens with one attached hydrogen (secondary N) is 1. The fourth-order valence-electron chi connectivity index (χ4n) is 2.41. The third kappa shape index (κ3) is 3.31. The first-order valence-electron chi connectivity index (χ1n) is 7.25. The smallest absolute Gasteiger partial charge is 0.340 e. The maximum atomic E-state index is 12.2. The molecule has 2 aromatic rings. The number of esters is 1. The number of amides is 1. The van der Waals surface area contributed by atoms with E-state index in [-0.39, 0.29) is 5.69 Å². The third-order valence-corrected chi connectivity index (χ3v) is 4.44. The summed E-state index contributed by atoms with van der Waals surface area (Å²) in [5.41, 5.74) is 0.532. The number of nitrogens with zero attached hydrogens (tertiary/aromatic N) is 3. The molecule has 2 aromatic heterocycles. The van der Waals surface area contributed by atoms with Gasteiger partial charge >= 0.3 is 5.97 Å². The van der Waals surface area contributed by atoms with E-state index in [0.29, 0.717) is 10.6 Å². The molecule has 0 spiro atoms. The van der Waals surface area contributed by atoms with E-state index < -0.39 is 11.9 Å². The number of carbonyl (C=O) groups excluding carboxylic acids is 2. The molecule has 0 radical (unpaired) electrons. The van der Waals surface area contributed by atoms with Crippen LogP contribution >= 0.6 is 11.3 Å². The van der Waals surface area contributed by atoms with Crippen molar-refractivity contribution >= 4 is 34.0 Å². The zero-order chi connectivity index (χ0) is 16.2. The van der Waals surface area contributed by atoms with Crippen LogP contribution < -0.4 is 10.2 Å². The number of rotatable bonds is 4. The third-order valence-electron chi connectivity index (χ3n) is 3.61. The van der Waals surface area contributed by atoms with Gasteiger partial charge in [0.2, 0.25) is 0 Å². The molecule has 3 heterocycles. The Morgan fingerprint density at radius 3 is 2.65 bits per heavy atom. The van der Waals surface area contributed by atoms with Crippen molar-refractivity contribution in [3.63, 3.8) is 0 Å². The van der Waals surface area contributed by atoms with E-state index in [0.717, 1.165) is 31.7 Å². The largest absolute Gasteiger partial charge is 0.465 e. The number of methoxy groups -OCH3 is 1. The van der Waals surface area contributed by atoms with Crippen LogP contribution in [0.3, 0.4) is 0 Å². The highest BCUT2D eigenvalue weighted by molar-refractivity contribution is 7.14. The van der Waals surface area contributed by atoms with Gasteiger partial charge in [-0.3, -0.25) is 4.79 Å². The van der Waals surface area contributed by atoms with Crippen LogP contribution in [0.5, 0.6) is 0 Å². The maximum Gasteiger partial charge on any atom is 0.340 e. The molecule has 0 aromatic carbocycles. The van der Waals surface area contributed by atoms with Gasteiger partial charge in [0.25, 0.3) is 5.91 Å². The lowest BCUT2D eigenvalue weighted by atomic mass is 10.3. The standard InChI is InChI=1S/C15H16N4O3S/c1-22-15(21)10-6-9-23-14(10)16-13(20)11-4-5-12(18-17-11)19-7-2-3-8-19/h4-6,9H,2-3,7-8H2,1H3,(H,16,20). The molecule has 1 aliphatic heterocycles. The van der Waals surface area contributed by atoms with E-state index in [1.54, 1.807) is 23.6 Å². The zero-order valence-corrected chi connectivity index (χ0v) is 13.4. The second kappa shape index (κ2) is 6.74. The first-order valence-corrected chi connectivity index (χ1v) is 8.13. The van der Waals surface area contributed by atoms with E-state index in [1.165, 1.54) is 18.4 Å². The minimum atomic E-state index is -0.489. The molecular weight excluding hydrogens is 316 g/mol.